The average molecular weight is 369 g/mol. The topological polar surface area (TPSA) is 66.7 Å². The Labute approximate surface area is 160 Å². The van der Waals surface area contributed by atoms with Crippen molar-refractivity contribution in [1.29, 1.82) is 0 Å². The Bertz CT molecular complexity index is 816. The number of aromatic nitrogens is 1. The minimum Gasteiger partial charge on any atom is -0.441 e. The number of oxazole rings is 1. The number of carbonyl (C=O) groups excluding carboxylic acids is 2. The number of hydrogen-bond donors (Lipinski definition) is 0. The van der Waals surface area contributed by atoms with Gasteiger partial charge in [0.25, 0.3) is 0 Å². The third kappa shape index (κ3) is 4.38. The Morgan fingerprint density at radius 2 is 1.67 bits per heavy atom. The Balaban J connectivity index is 1.66. The second-order valence-corrected chi connectivity index (χ2v) is 7.36. The Morgan fingerprint density at radius 3 is 2.22 bits per heavy atom. The predicted molar refractivity (Wildman–Crippen MR) is 103 cm³/mol. The molecule has 0 spiro atoms. The molecule has 144 valence electrons. The van der Waals surface area contributed by atoms with E-state index in [9.17, 15) is 9.59 Å². The van der Waals surface area contributed by atoms with Crippen molar-refractivity contribution >= 4 is 11.8 Å². The zero-order valence-electron chi connectivity index (χ0n) is 16.5. The molecule has 27 heavy (non-hydrogen) atoms. The van der Waals surface area contributed by atoms with Crippen LogP contribution in [0.1, 0.15) is 43.7 Å². The molecule has 1 aromatic heterocycles. The quantitative estimate of drug-likeness (QED) is 0.831. The lowest BCUT2D eigenvalue weighted by molar-refractivity contribution is -0.138. The van der Waals surface area contributed by atoms with E-state index in [1.54, 1.807) is 16.7 Å². The van der Waals surface area contributed by atoms with Gasteiger partial charge in [-0.05, 0) is 30.5 Å². The molecular weight excluding hydrogens is 342 g/mol. The number of carbonyl (C=O) groups is 2. The summed E-state index contributed by atoms with van der Waals surface area (Å²) in [5.74, 6) is 1.78. The highest BCUT2D eigenvalue weighted by atomic mass is 16.4. The van der Waals surface area contributed by atoms with Crippen LogP contribution in [0.5, 0.6) is 0 Å². The second kappa shape index (κ2) is 7.94. The van der Waals surface area contributed by atoms with E-state index in [-0.39, 0.29) is 18.2 Å². The fourth-order valence-electron chi connectivity index (χ4n) is 3.25. The maximum Gasteiger partial charge on any atom is 0.228 e. The van der Waals surface area contributed by atoms with E-state index in [4.69, 9.17) is 4.42 Å². The SMILES string of the molecule is CC(=O)N1CCN(C(=O)Cc2nc(-c3ccc(C(C)C)cc3)oc2C)CC1. The van der Waals surface area contributed by atoms with Gasteiger partial charge in [0, 0.05) is 38.7 Å². The van der Waals surface area contributed by atoms with Crippen LogP contribution in [0.25, 0.3) is 11.5 Å². The molecule has 3 rings (SSSR count). The summed E-state index contributed by atoms with van der Waals surface area (Å²) in [5.41, 5.74) is 2.86. The molecule has 0 unspecified atom stereocenters. The molecule has 1 aromatic carbocycles. The standard InChI is InChI=1S/C21H27N3O3/c1-14(2)17-5-7-18(8-6-17)21-22-19(15(3)27-21)13-20(26)24-11-9-23(10-12-24)16(4)25/h5-8,14H,9-13H2,1-4H3. The van der Waals surface area contributed by atoms with Gasteiger partial charge >= 0.3 is 0 Å². The summed E-state index contributed by atoms with van der Waals surface area (Å²) < 4.78 is 5.80. The summed E-state index contributed by atoms with van der Waals surface area (Å²) in [6.45, 7) is 10.0. The summed E-state index contributed by atoms with van der Waals surface area (Å²) in [7, 11) is 0. The zero-order valence-corrected chi connectivity index (χ0v) is 16.5. The number of aryl methyl sites for hydroxylation is 1. The van der Waals surface area contributed by atoms with Crippen LogP contribution >= 0.6 is 0 Å². The monoisotopic (exact) mass is 369 g/mol. The summed E-state index contributed by atoms with van der Waals surface area (Å²) in [4.78, 5) is 32.1. The van der Waals surface area contributed by atoms with Crippen LogP contribution in [0.4, 0.5) is 0 Å². The molecule has 0 bridgehead atoms. The number of rotatable bonds is 4. The lowest BCUT2D eigenvalue weighted by atomic mass is 10.0. The van der Waals surface area contributed by atoms with Crippen molar-refractivity contribution in [1.82, 2.24) is 14.8 Å². The van der Waals surface area contributed by atoms with Gasteiger partial charge in [0.05, 0.1) is 12.1 Å². The normalized spacial score (nSPS) is 14.7. The van der Waals surface area contributed by atoms with E-state index < -0.39 is 0 Å². The van der Waals surface area contributed by atoms with Gasteiger partial charge in [-0.15, -0.1) is 0 Å². The van der Waals surface area contributed by atoms with Crippen molar-refractivity contribution in [3.63, 3.8) is 0 Å². The van der Waals surface area contributed by atoms with E-state index in [2.05, 4.69) is 31.0 Å². The summed E-state index contributed by atoms with van der Waals surface area (Å²) in [6.07, 6.45) is 0.222. The first-order chi connectivity index (χ1) is 12.8. The Morgan fingerprint density at radius 1 is 1.07 bits per heavy atom. The smallest absolute Gasteiger partial charge is 0.228 e. The first-order valence-electron chi connectivity index (χ1n) is 9.45. The minimum absolute atomic E-state index is 0.0244. The van der Waals surface area contributed by atoms with E-state index in [1.165, 1.54) is 5.56 Å². The highest BCUT2D eigenvalue weighted by Crippen LogP contribution is 2.24. The van der Waals surface area contributed by atoms with Crippen LogP contribution < -0.4 is 0 Å². The van der Waals surface area contributed by atoms with Gasteiger partial charge in [-0.2, -0.15) is 0 Å². The van der Waals surface area contributed by atoms with Gasteiger partial charge in [-0.1, -0.05) is 26.0 Å². The van der Waals surface area contributed by atoms with Crippen molar-refractivity contribution in [2.24, 2.45) is 0 Å². The molecule has 0 radical (unpaired) electrons. The Hall–Kier alpha value is -2.63. The lowest BCUT2D eigenvalue weighted by Gasteiger charge is -2.34. The van der Waals surface area contributed by atoms with Crippen molar-refractivity contribution in [2.45, 2.75) is 40.0 Å². The minimum atomic E-state index is 0.0244. The van der Waals surface area contributed by atoms with E-state index >= 15 is 0 Å². The number of benzene rings is 1. The molecule has 2 amide bonds. The molecule has 0 atom stereocenters. The number of amides is 2. The molecule has 2 aromatic rings. The van der Waals surface area contributed by atoms with Gasteiger partial charge in [0.1, 0.15) is 5.76 Å². The third-order valence-corrected chi connectivity index (χ3v) is 5.11. The van der Waals surface area contributed by atoms with Gasteiger partial charge in [-0.25, -0.2) is 4.98 Å². The van der Waals surface area contributed by atoms with Crippen LogP contribution in [0.3, 0.4) is 0 Å². The first-order valence-corrected chi connectivity index (χ1v) is 9.45. The number of nitrogens with zero attached hydrogens (tertiary/aromatic N) is 3. The molecule has 0 N–H and O–H groups in total. The van der Waals surface area contributed by atoms with Crippen molar-refractivity contribution in [2.75, 3.05) is 26.2 Å². The molecule has 2 heterocycles. The fourth-order valence-corrected chi connectivity index (χ4v) is 3.25. The largest absolute Gasteiger partial charge is 0.441 e. The summed E-state index contributed by atoms with van der Waals surface area (Å²) in [6, 6.07) is 8.18. The van der Waals surface area contributed by atoms with Crippen LogP contribution in [0.15, 0.2) is 28.7 Å². The average Bonchev–Trinajstić information content (AvgIpc) is 3.02. The van der Waals surface area contributed by atoms with Crippen LogP contribution in [0, 0.1) is 6.92 Å². The third-order valence-electron chi connectivity index (χ3n) is 5.11. The number of hydrogen-bond acceptors (Lipinski definition) is 4. The van der Waals surface area contributed by atoms with Crippen LogP contribution in [0.2, 0.25) is 0 Å². The molecule has 0 saturated carbocycles. The van der Waals surface area contributed by atoms with Crippen molar-refractivity contribution < 1.29 is 14.0 Å². The maximum absolute atomic E-state index is 12.6. The molecule has 0 aliphatic carbocycles. The van der Waals surface area contributed by atoms with E-state index in [1.807, 2.05) is 19.1 Å². The van der Waals surface area contributed by atoms with Gasteiger partial charge in [0.2, 0.25) is 17.7 Å². The van der Waals surface area contributed by atoms with Crippen molar-refractivity contribution in [3.8, 4) is 11.5 Å². The van der Waals surface area contributed by atoms with E-state index in [0.717, 1.165) is 5.56 Å². The van der Waals surface area contributed by atoms with E-state index in [0.29, 0.717) is 49.4 Å². The predicted octanol–water partition coefficient (Wildman–Crippen LogP) is 3.01. The van der Waals surface area contributed by atoms with Crippen LogP contribution in [-0.2, 0) is 16.0 Å². The number of piperazine rings is 1. The fraction of sp³-hybridized carbons (Fsp3) is 0.476. The molecule has 6 heteroatoms. The molecular formula is C21H27N3O3. The van der Waals surface area contributed by atoms with Gasteiger partial charge in [0.15, 0.2) is 0 Å². The van der Waals surface area contributed by atoms with Crippen molar-refractivity contribution in [3.05, 3.63) is 41.3 Å². The maximum atomic E-state index is 12.6. The highest BCUT2D eigenvalue weighted by molar-refractivity contribution is 5.79. The first kappa shape index (κ1) is 19.1. The van der Waals surface area contributed by atoms with Gasteiger partial charge in [-0.3, -0.25) is 9.59 Å². The zero-order chi connectivity index (χ0) is 19.6. The lowest BCUT2D eigenvalue weighted by Crippen LogP contribution is -2.50. The summed E-state index contributed by atoms with van der Waals surface area (Å²) >= 11 is 0. The molecule has 1 fully saturated rings. The molecule has 1 aliphatic heterocycles. The molecule has 1 aliphatic rings. The highest BCUT2D eigenvalue weighted by Gasteiger charge is 2.24. The Kier molecular flexibility index (Phi) is 5.63. The van der Waals surface area contributed by atoms with Crippen LogP contribution in [-0.4, -0.2) is 52.8 Å². The summed E-state index contributed by atoms with van der Waals surface area (Å²) in [5, 5.41) is 0. The second-order valence-electron chi connectivity index (χ2n) is 7.36. The van der Waals surface area contributed by atoms with Gasteiger partial charge < -0.3 is 14.2 Å². The molecule has 1 saturated heterocycles. The molecule has 6 nitrogen and oxygen atoms in total.